The maximum atomic E-state index is 9.22. The first-order chi connectivity index (χ1) is 9.83. The number of hydrogen-bond donors (Lipinski definition) is 1. The summed E-state index contributed by atoms with van der Waals surface area (Å²) in [6, 6.07) is 7.64. The largest absolute Gasteiger partial charge is 2.00 e. The molecule has 21 heavy (non-hydrogen) atoms. The molecular formula is C19H34MgO. The van der Waals surface area contributed by atoms with E-state index in [9.17, 15) is 5.11 Å². The topological polar surface area (TPSA) is 20.2 Å². The molecule has 0 aliphatic rings. The van der Waals surface area contributed by atoms with Crippen molar-refractivity contribution in [3.05, 3.63) is 29.8 Å². The SMILES string of the molecule is CCCCCCCCCCCCCc1ccc(O)cc1.[H-].[H-].[Mg+2]. The summed E-state index contributed by atoms with van der Waals surface area (Å²) in [6.07, 6.45) is 16.5. The molecule has 1 aromatic rings. The minimum Gasteiger partial charge on any atom is -1.00 e. The van der Waals surface area contributed by atoms with Crippen LogP contribution in [-0.4, -0.2) is 28.2 Å². The first kappa shape index (κ1) is 20.8. The van der Waals surface area contributed by atoms with Crippen LogP contribution in [0.4, 0.5) is 0 Å². The summed E-state index contributed by atoms with van der Waals surface area (Å²) >= 11 is 0. The fourth-order valence-corrected chi connectivity index (χ4v) is 2.66. The van der Waals surface area contributed by atoms with Crippen molar-refractivity contribution in [1.29, 1.82) is 0 Å². The quantitative estimate of drug-likeness (QED) is 0.366. The van der Waals surface area contributed by atoms with Crippen LogP contribution in [0.15, 0.2) is 24.3 Å². The molecule has 0 aliphatic carbocycles. The number of phenolic OH excluding ortho intramolecular Hbond substituents is 1. The van der Waals surface area contributed by atoms with Gasteiger partial charge in [-0.1, -0.05) is 83.3 Å². The second-order valence-electron chi connectivity index (χ2n) is 5.95. The summed E-state index contributed by atoms with van der Waals surface area (Å²) in [6.45, 7) is 2.28. The summed E-state index contributed by atoms with van der Waals surface area (Å²) < 4.78 is 0. The van der Waals surface area contributed by atoms with Gasteiger partial charge in [0, 0.05) is 0 Å². The third-order valence-electron chi connectivity index (χ3n) is 4.01. The zero-order valence-electron chi connectivity index (χ0n) is 15.9. The second kappa shape index (κ2) is 14.7. The number of rotatable bonds is 12. The molecule has 0 unspecified atom stereocenters. The first-order valence-electron chi connectivity index (χ1n) is 8.61. The van der Waals surface area contributed by atoms with Crippen molar-refractivity contribution in [1.82, 2.24) is 0 Å². The van der Waals surface area contributed by atoms with Crippen molar-refractivity contribution in [3.8, 4) is 5.75 Å². The number of benzene rings is 1. The molecule has 0 saturated carbocycles. The fraction of sp³-hybridized carbons (Fsp3) is 0.684. The summed E-state index contributed by atoms with van der Waals surface area (Å²) in [5.41, 5.74) is 1.35. The average Bonchev–Trinajstić information content (AvgIpc) is 2.47. The fourth-order valence-electron chi connectivity index (χ4n) is 2.66. The Morgan fingerprint density at radius 3 is 1.62 bits per heavy atom. The van der Waals surface area contributed by atoms with Crippen molar-refractivity contribution in [3.63, 3.8) is 0 Å². The van der Waals surface area contributed by atoms with Crippen molar-refractivity contribution in [2.45, 2.75) is 84.0 Å². The number of aryl methyl sites for hydroxylation is 1. The summed E-state index contributed by atoms with van der Waals surface area (Å²) in [5, 5.41) is 9.22. The van der Waals surface area contributed by atoms with E-state index >= 15 is 0 Å². The Hall–Kier alpha value is -0.214. The van der Waals surface area contributed by atoms with Gasteiger partial charge in [-0.25, -0.2) is 0 Å². The normalized spacial score (nSPS) is 10.3. The maximum Gasteiger partial charge on any atom is 2.00 e. The van der Waals surface area contributed by atoms with Crippen LogP contribution in [0.1, 0.15) is 86.0 Å². The molecule has 0 radical (unpaired) electrons. The molecular weight excluding hydrogens is 269 g/mol. The van der Waals surface area contributed by atoms with Gasteiger partial charge in [0.1, 0.15) is 5.75 Å². The molecule has 0 atom stereocenters. The molecule has 0 heterocycles. The summed E-state index contributed by atoms with van der Waals surface area (Å²) in [5.74, 6) is 0.368. The number of aromatic hydroxyl groups is 1. The van der Waals surface area contributed by atoms with Crippen LogP contribution < -0.4 is 0 Å². The zero-order valence-corrected chi connectivity index (χ0v) is 15.4. The standard InChI is InChI=1S/C19H32O.Mg.2H/c1-2-3-4-5-6-7-8-9-10-11-12-13-18-14-16-19(20)17-15-18;;;/h14-17,20H,2-13H2,1H3;;;/q;+2;2*-1. The predicted octanol–water partition coefficient (Wildman–Crippen LogP) is 6.09. The Balaban J connectivity index is -0.00000133. The molecule has 0 aromatic heterocycles. The molecule has 0 amide bonds. The third kappa shape index (κ3) is 12.1. The van der Waals surface area contributed by atoms with Gasteiger partial charge in [-0.2, -0.15) is 0 Å². The molecule has 118 valence electrons. The van der Waals surface area contributed by atoms with E-state index in [1.807, 2.05) is 12.1 Å². The van der Waals surface area contributed by atoms with Gasteiger partial charge in [0.15, 0.2) is 0 Å². The molecule has 1 N–H and O–H groups in total. The molecule has 0 saturated heterocycles. The number of phenols is 1. The van der Waals surface area contributed by atoms with Gasteiger partial charge in [0.05, 0.1) is 0 Å². The van der Waals surface area contributed by atoms with E-state index in [2.05, 4.69) is 6.92 Å². The first-order valence-corrected chi connectivity index (χ1v) is 8.61. The zero-order chi connectivity index (χ0) is 14.5. The number of unbranched alkanes of at least 4 members (excludes halogenated alkanes) is 10. The van der Waals surface area contributed by atoms with E-state index in [0.29, 0.717) is 5.75 Å². The van der Waals surface area contributed by atoms with Gasteiger partial charge < -0.3 is 7.96 Å². The van der Waals surface area contributed by atoms with Crippen molar-refractivity contribution >= 4 is 23.1 Å². The Kier molecular flexibility index (Phi) is 14.6. The van der Waals surface area contributed by atoms with E-state index in [4.69, 9.17) is 0 Å². The smallest absolute Gasteiger partial charge is 1.00 e. The molecule has 0 spiro atoms. The average molecular weight is 303 g/mol. The van der Waals surface area contributed by atoms with E-state index in [-0.39, 0.29) is 25.9 Å². The molecule has 2 heteroatoms. The summed E-state index contributed by atoms with van der Waals surface area (Å²) in [4.78, 5) is 0. The Bertz CT molecular complexity index is 331. The van der Waals surface area contributed by atoms with Gasteiger partial charge in [-0.3, -0.25) is 0 Å². The molecule has 0 fully saturated rings. The molecule has 0 aliphatic heterocycles. The minimum absolute atomic E-state index is 0. The van der Waals surface area contributed by atoms with Crippen LogP contribution in [0.25, 0.3) is 0 Å². The van der Waals surface area contributed by atoms with Crippen LogP contribution in [0.2, 0.25) is 0 Å². The number of hydrogen-bond acceptors (Lipinski definition) is 1. The van der Waals surface area contributed by atoms with Crippen molar-refractivity contribution in [2.24, 2.45) is 0 Å². The molecule has 1 rings (SSSR count). The molecule has 1 nitrogen and oxygen atoms in total. The van der Waals surface area contributed by atoms with E-state index in [1.165, 1.54) is 76.2 Å². The van der Waals surface area contributed by atoms with Crippen LogP contribution in [0, 0.1) is 0 Å². The van der Waals surface area contributed by atoms with Gasteiger partial charge in [-0.05, 0) is 30.5 Å². The predicted molar refractivity (Wildman–Crippen MR) is 96.2 cm³/mol. The van der Waals surface area contributed by atoms with Gasteiger partial charge in [0.25, 0.3) is 0 Å². The summed E-state index contributed by atoms with van der Waals surface area (Å²) in [7, 11) is 0. The Labute approximate surface area is 150 Å². The maximum absolute atomic E-state index is 9.22. The Morgan fingerprint density at radius 1 is 0.714 bits per heavy atom. The third-order valence-corrected chi connectivity index (χ3v) is 4.01. The van der Waals surface area contributed by atoms with Crippen molar-refractivity contribution < 1.29 is 7.96 Å². The second-order valence-corrected chi connectivity index (χ2v) is 5.95. The van der Waals surface area contributed by atoms with Crippen molar-refractivity contribution in [2.75, 3.05) is 0 Å². The van der Waals surface area contributed by atoms with Crippen LogP contribution in [-0.2, 0) is 6.42 Å². The minimum atomic E-state index is 0. The monoisotopic (exact) mass is 302 g/mol. The van der Waals surface area contributed by atoms with Crippen LogP contribution in [0.3, 0.4) is 0 Å². The van der Waals surface area contributed by atoms with Crippen LogP contribution in [0.5, 0.6) is 5.75 Å². The molecule has 0 bridgehead atoms. The van der Waals surface area contributed by atoms with E-state index in [1.54, 1.807) is 12.1 Å². The van der Waals surface area contributed by atoms with E-state index < -0.39 is 0 Å². The van der Waals surface area contributed by atoms with Gasteiger partial charge >= 0.3 is 23.1 Å². The van der Waals surface area contributed by atoms with Gasteiger partial charge in [0.2, 0.25) is 0 Å². The van der Waals surface area contributed by atoms with E-state index in [0.717, 1.165) is 6.42 Å². The van der Waals surface area contributed by atoms with Crippen LogP contribution >= 0.6 is 0 Å². The van der Waals surface area contributed by atoms with Gasteiger partial charge in [-0.15, -0.1) is 0 Å². The Morgan fingerprint density at radius 2 is 1.14 bits per heavy atom. The molecule has 1 aromatic carbocycles.